The lowest BCUT2D eigenvalue weighted by atomic mass is 9.82. The summed E-state index contributed by atoms with van der Waals surface area (Å²) in [5.41, 5.74) is 2.92. The summed E-state index contributed by atoms with van der Waals surface area (Å²) in [4.78, 5) is 26.1. The lowest BCUT2D eigenvalue weighted by Gasteiger charge is -2.34. The molecule has 2 aliphatic carbocycles. The second-order valence-electron chi connectivity index (χ2n) is 6.10. The van der Waals surface area contributed by atoms with Crippen LogP contribution in [-0.4, -0.2) is 60.1 Å². The second kappa shape index (κ2) is 5.18. The van der Waals surface area contributed by atoms with Crippen LogP contribution in [0.1, 0.15) is 6.42 Å². The minimum atomic E-state index is -0.847. The zero-order valence-corrected chi connectivity index (χ0v) is 11.7. The fraction of sp³-hybridized carbons (Fsp3) is 0.714. The number of hydrazine groups is 1. The monoisotopic (exact) mass is 279 g/mol. The standard InChI is InChI=1S/C14H21N3O3/c1-16-4-6-17(7-5-16)15-13(18)11-9-2-3-10(8-9)12(11)14(19)20/h2-3,9-12H,4-8H2,1H3,(H,15,18)(H,19,20). The van der Waals surface area contributed by atoms with Gasteiger partial charge in [-0.15, -0.1) is 0 Å². The number of fused-ring (bicyclic) bond motifs is 2. The third-order valence-electron chi connectivity index (χ3n) is 4.82. The van der Waals surface area contributed by atoms with Crippen molar-refractivity contribution < 1.29 is 14.7 Å². The Hall–Kier alpha value is -1.40. The van der Waals surface area contributed by atoms with Crippen LogP contribution >= 0.6 is 0 Å². The molecular formula is C14H21N3O3. The number of piperazine rings is 1. The zero-order chi connectivity index (χ0) is 14.3. The summed E-state index contributed by atoms with van der Waals surface area (Å²) in [5.74, 6) is -1.83. The molecule has 3 rings (SSSR count). The van der Waals surface area contributed by atoms with E-state index in [9.17, 15) is 14.7 Å². The molecule has 6 heteroatoms. The van der Waals surface area contributed by atoms with Gasteiger partial charge < -0.3 is 10.0 Å². The quantitative estimate of drug-likeness (QED) is 0.699. The molecule has 4 atom stereocenters. The number of nitrogens with one attached hydrogen (secondary N) is 1. The van der Waals surface area contributed by atoms with Crippen molar-refractivity contribution in [2.75, 3.05) is 33.2 Å². The molecule has 6 nitrogen and oxygen atoms in total. The first-order chi connectivity index (χ1) is 9.56. The molecule has 20 heavy (non-hydrogen) atoms. The van der Waals surface area contributed by atoms with Crippen molar-refractivity contribution in [3.05, 3.63) is 12.2 Å². The highest BCUT2D eigenvalue weighted by atomic mass is 16.4. The molecule has 110 valence electrons. The van der Waals surface area contributed by atoms with Crippen LogP contribution in [0.2, 0.25) is 0 Å². The first-order valence-electron chi connectivity index (χ1n) is 7.21. The number of carbonyl (C=O) groups is 2. The summed E-state index contributed by atoms with van der Waals surface area (Å²) in [5, 5.41) is 11.3. The summed E-state index contributed by atoms with van der Waals surface area (Å²) in [6.45, 7) is 3.41. The number of carboxylic acids is 1. The van der Waals surface area contributed by atoms with Gasteiger partial charge in [-0.25, -0.2) is 5.01 Å². The Balaban J connectivity index is 1.64. The third kappa shape index (κ3) is 2.33. The second-order valence-corrected chi connectivity index (χ2v) is 6.10. The van der Waals surface area contributed by atoms with Crippen molar-refractivity contribution in [3.63, 3.8) is 0 Å². The number of rotatable bonds is 3. The molecule has 1 saturated carbocycles. The Bertz CT molecular complexity index is 443. The van der Waals surface area contributed by atoms with Crippen LogP contribution in [0.5, 0.6) is 0 Å². The van der Waals surface area contributed by atoms with Crippen molar-refractivity contribution in [3.8, 4) is 0 Å². The Morgan fingerprint density at radius 1 is 1.10 bits per heavy atom. The normalized spacial score (nSPS) is 37.2. The van der Waals surface area contributed by atoms with Crippen LogP contribution < -0.4 is 5.43 Å². The maximum Gasteiger partial charge on any atom is 0.307 e. The average molecular weight is 279 g/mol. The minimum Gasteiger partial charge on any atom is -0.481 e. The van der Waals surface area contributed by atoms with Crippen LogP contribution in [0.4, 0.5) is 0 Å². The van der Waals surface area contributed by atoms with Gasteiger partial charge >= 0.3 is 5.97 Å². The van der Waals surface area contributed by atoms with Gasteiger partial charge in [-0.1, -0.05) is 12.2 Å². The van der Waals surface area contributed by atoms with Crippen LogP contribution in [0.3, 0.4) is 0 Å². The lowest BCUT2D eigenvalue weighted by Crippen LogP contribution is -2.55. The Labute approximate surface area is 118 Å². The largest absolute Gasteiger partial charge is 0.481 e. The number of carboxylic acid groups (broad SMARTS) is 1. The molecule has 0 aromatic heterocycles. The fourth-order valence-electron chi connectivity index (χ4n) is 3.66. The van der Waals surface area contributed by atoms with Gasteiger partial charge in [0, 0.05) is 26.2 Å². The molecule has 1 saturated heterocycles. The summed E-state index contributed by atoms with van der Waals surface area (Å²) >= 11 is 0. The van der Waals surface area contributed by atoms with E-state index in [1.807, 2.05) is 17.2 Å². The highest BCUT2D eigenvalue weighted by Gasteiger charge is 2.51. The number of hydrogen-bond donors (Lipinski definition) is 2. The molecule has 1 heterocycles. The third-order valence-corrected chi connectivity index (χ3v) is 4.82. The minimum absolute atomic E-state index is 0.0285. The summed E-state index contributed by atoms with van der Waals surface area (Å²) in [6.07, 6.45) is 4.78. The van der Waals surface area contributed by atoms with E-state index in [0.717, 1.165) is 32.6 Å². The van der Waals surface area contributed by atoms with Crippen molar-refractivity contribution in [2.24, 2.45) is 23.7 Å². The summed E-state index contributed by atoms with van der Waals surface area (Å²) in [7, 11) is 2.06. The number of carbonyl (C=O) groups excluding carboxylic acids is 1. The SMILES string of the molecule is CN1CCN(NC(=O)C2C3C=CC(C3)C2C(=O)O)CC1. The van der Waals surface area contributed by atoms with Gasteiger partial charge in [-0.2, -0.15) is 0 Å². The topological polar surface area (TPSA) is 72.9 Å². The Morgan fingerprint density at radius 2 is 1.70 bits per heavy atom. The maximum atomic E-state index is 12.4. The average Bonchev–Trinajstić information content (AvgIpc) is 3.01. The van der Waals surface area contributed by atoms with Gasteiger partial charge in [-0.3, -0.25) is 15.0 Å². The maximum absolute atomic E-state index is 12.4. The first kappa shape index (κ1) is 13.6. The molecule has 4 unspecified atom stereocenters. The Kier molecular flexibility index (Phi) is 3.52. The molecular weight excluding hydrogens is 258 g/mol. The van der Waals surface area contributed by atoms with E-state index in [4.69, 9.17) is 0 Å². The van der Waals surface area contributed by atoms with Crippen molar-refractivity contribution in [1.29, 1.82) is 0 Å². The van der Waals surface area contributed by atoms with Crippen LogP contribution in [-0.2, 0) is 9.59 Å². The van der Waals surface area contributed by atoms with Crippen molar-refractivity contribution in [1.82, 2.24) is 15.3 Å². The van der Waals surface area contributed by atoms with Crippen LogP contribution in [0, 0.1) is 23.7 Å². The predicted molar refractivity (Wildman–Crippen MR) is 72.6 cm³/mol. The number of amides is 1. The van der Waals surface area contributed by atoms with E-state index < -0.39 is 17.8 Å². The number of nitrogens with zero attached hydrogens (tertiary/aromatic N) is 2. The molecule has 0 spiro atoms. The van der Waals surface area contributed by atoms with E-state index in [1.54, 1.807) is 0 Å². The van der Waals surface area contributed by atoms with Crippen LogP contribution in [0.25, 0.3) is 0 Å². The fourth-order valence-corrected chi connectivity index (χ4v) is 3.66. The van der Waals surface area contributed by atoms with E-state index in [1.165, 1.54) is 0 Å². The van der Waals surface area contributed by atoms with Crippen LogP contribution in [0.15, 0.2) is 12.2 Å². The number of likely N-dealkylation sites (N-methyl/N-ethyl adjacent to an activating group) is 1. The van der Waals surface area contributed by atoms with E-state index in [2.05, 4.69) is 17.4 Å². The van der Waals surface area contributed by atoms with Gasteiger partial charge in [0.05, 0.1) is 11.8 Å². The number of allylic oxidation sites excluding steroid dienone is 2. The number of aliphatic carboxylic acids is 1. The van der Waals surface area contributed by atoms with Gasteiger partial charge in [0.1, 0.15) is 0 Å². The first-order valence-corrected chi connectivity index (χ1v) is 7.21. The molecule has 0 aromatic rings. The van der Waals surface area contributed by atoms with Gasteiger partial charge in [0.2, 0.25) is 5.91 Å². The zero-order valence-electron chi connectivity index (χ0n) is 11.7. The Morgan fingerprint density at radius 3 is 2.30 bits per heavy atom. The van der Waals surface area contributed by atoms with Gasteiger partial charge in [0.15, 0.2) is 0 Å². The number of hydrogen-bond acceptors (Lipinski definition) is 4. The molecule has 2 fully saturated rings. The lowest BCUT2D eigenvalue weighted by molar-refractivity contribution is -0.149. The van der Waals surface area contributed by atoms with Crippen molar-refractivity contribution in [2.45, 2.75) is 6.42 Å². The molecule has 2 bridgehead atoms. The van der Waals surface area contributed by atoms with E-state index in [-0.39, 0.29) is 17.7 Å². The molecule has 1 amide bonds. The van der Waals surface area contributed by atoms with Gasteiger partial charge in [0.25, 0.3) is 0 Å². The smallest absolute Gasteiger partial charge is 0.307 e. The highest BCUT2D eigenvalue weighted by molar-refractivity contribution is 5.86. The van der Waals surface area contributed by atoms with Crippen molar-refractivity contribution >= 4 is 11.9 Å². The summed E-state index contributed by atoms with van der Waals surface area (Å²) < 4.78 is 0. The summed E-state index contributed by atoms with van der Waals surface area (Å²) in [6, 6.07) is 0. The molecule has 2 N–H and O–H groups in total. The van der Waals surface area contributed by atoms with E-state index >= 15 is 0 Å². The molecule has 1 aliphatic heterocycles. The highest BCUT2D eigenvalue weighted by Crippen LogP contribution is 2.48. The predicted octanol–water partition coefficient (Wildman–Crippen LogP) is -0.212. The van der Waals surface area contributed by atoms with E-state index in [0.29, 0.717) is 0 Å². The van der Waals surface area contributed by atoms with Gasteiger partial charge in [-0.05, 0) is 25.3 Å². The molecule has 3 aliphatic rings. The molecule has 0 radical (unpaired) electrons. The molecule has 0 aromatic carbocycles.